The molecule has 0 atom stereocenters. The van der Waals surface area contributed by atoms with E-state index in [0.717, 1.165) is 65.0 Å². The van der Waals surface area contributed by atoms with Gasteiger partial charge in [-0.2, -0.15) is 9.78 Å². The fraction of sp³-hybridized carbons (Fsp3) is 0.250. The first-order valence-electron chi connectivity index (χ1n) is 15.5. The van der Waals surface area contributed by atoms with Crippen LogP contribution in [0.25, 0.3) is 50.0 Å². The largest absolute Gasteiger partial charge is 0.339 e. The Morgan fingerprint density at radius 1 is 0.911 bits per heavy atom. The third-order valence-electron chi connectivity index (χ3n) is 9.31. The van der Waals surface area contributed by atoms with Gasteiger partial charge in [-0.15, -0.1) is 0 Å². The molecule has 6 aromatic rings. The van der Waals surface area contributed by atoms with Gasteiger partial charge in [-0.1, -0.05) is 30.3 Å². The van der Waals surface area contributed by atoms with Crippen molar-refractivity contribution in [3.05, 3.63) is 106 Å². The lowest BCUT2D eigenvalue weighted by Gasteiger charge is -2.32. The summed E-state index contributed by atoms with van der Waals surface area (Å²) in [6, 6.07) is 21.8. The van der Waals surface area contributed by atoms with E-state index >= 15 is 0 Å². The predicted octanol–water partition coefficient (Wildman–Crippen LogP) is 5.56. The van der Waals surface area contributed by atoms with Crippen LogP contribution in [0.15, 0.2) is 84.0 Å². The van der Waals surface area contributed by atoms with Gasteiger partial charge in [0.15, 0.2) is 0 Å². The highest BCUT2D eigenvalue weighted by Crippen LogP contribution is 2.40. The van der Waals surface area contributed by atoms with E-state index in [1.54, 1.807) is 12.5 Å². The van der Waals surface area contributed by atoms with Gasteiger partial charge in [0.1, 0.15) is 12.0 Å². The summed E-state index contributed by atoms with van der Waals surface area (Å²) >= 11 is 0. The van der Waals surface area contributed by atoms with Gasteiger partial charge in [-0.05, 0) is 85.8 Å². The Morgan fingerprint density at radius 3 is 2.49 bits per heavy atom. The molecule has 3 aromatic carbocycles. The van der Waals surface area contributed by atoms with Crippen LogP contribution in [-0.4, -0.2) is 73.7 Å². The first-order chi connectivity index (χ1) is 21.9. The topological polar surface area (TPSA) is 100 Å². The molecule has 1 saturated carbocycles. The molecule has 8 rings (SSSR count). The van der Waals surface area contributed by atoms with Gasteiger partial charge in [0, 0.05) is 53.8 Å². The molecule has 2 fully saturated rings. The lowest BCUT2D eigenvalue weighted by Crippen LogP contribution is -2.47. The van der Waals surface area contributed by atoms with Crippen molar-refractivity contribution in [3.63, 3.8) is 0 Å². The molecule has 0 bridgehead atoms. The quantitative estimate of drug-likeness (QED) is 0.280. The Balaban J connectivity index is 1.12. The van der Waals surface area contributed by atoms with Gasteiger partial charge in [0.2, 0.25) is 0 Å². The molecular formula is C36H33N7O2. The maximum atomic E-state index is 13.6. The Kier molecular flexibility index (Phi) is 6.57. The minimum absolute atomic E-state index is 0.0674. The fourth-order valence-corrected chi connectivity index (χ4v) is 6.42. The van der Waals surface area contributed by atoms with Gasteiger partial charge in [0.25, 0.3) is 11.5 Å². The normalized spacial score (nSPS) is 15.6. The van der Waals surface area contributed by atoms with Crippen molar-refractivity contribution in [2.75, 3.05) is 33.2 Å². The number of nitrogens with zero attached hydrogens (tertiary/aromatic N) is 6. The van der Waals surface area contributed by atoms with Crippen molar-refractivity contribution in [2.45, 2.75) is 25.7 Å². The van der Waals surface area contributed by atoms with Gasteiger partial charge in [-0.25, -0.2) is 9.97 Å². The van der Waals surface area contributed by atoms with Crippen LogP contribution in [0.2, 0.25) is 0 Å². The molecule has 1 aliphatic heterocycles. The van der Waals surface area contributed by atoms with E-state index in [-0.39, 0.29) is 11.5 Å². The number of carbonyl (C=O) groups excluding carboxylic acids is 1. The highest BCUT2D eigenvalue weighted by atomic mass is 16.2. The number of piperazine rings is 1. The molecular weight excluding hydrogens is 562 g/mol. The van der Waals surface area contributed by atoms with E-state index in [9.17, 15) is 9.59 Å². The standard InChI is InChI=1S/C36H33N7O2/c1-22-28(4-3-5-32(22)43-36(45)29-13-12-26(23-6-7-23)18-27(29)20-39-43)33-30-19-31(40-34(30)38-21-37-33)24-8-10-25(11-9-24)35(44)42-16-14-41(2)15-17-42/h3-5,8-13,18-21,23H,6-7,14-17H2,1-2H3,(H,37,38,40). The van der Waals surface area contributed by atoms with Crippen LogP contribution >= 0.6 is 0 Å². The van der Waals surface area contributed by atoms with Crippen LogP contribution in [0.3, 0.4) is 0 Å². The van der Waals surface area contributed by atoms with Crippen LogP contribution in [0.5, 0.6) is 0 Å². The summed E-state index contributed by atoms with van der Waals surface area (Å²) in [6.45, 7) is 5.27. The van der Waals surface area contributed by atoms with Crippen molar-refractivity contribution >= 4 is 27.7 Å². The molecule has 9 heteroatoms. The smallest absolute Gasteiger partial charge is 0.279 e. The average Bonchev–Trinajstić information content (AvgIpc) is 3.83. The summed E-state index contributed by atoms with van der Waals surface area (Å²) in [4.78, 5) is 43.4. The predicted molar refractivity (Wildman–Crippen MR) is 176 cm³/mol. The fourth-order valence-electron chi connectivity index (χ4n) is 6.42. The number of amides is 1. The number of benzene rings is 3. The van der Waals surface area contributed by atoms with E-state index in [4.69, 9.17) is 0 Å². The molecule has 45 heavy (non-hydrogen) atoms. The first-order valence-corrected chi connectivity index (χ1v) is 15.5. The number of aromatic amines is 1. The van der Waals surface area contributed by atoms with Crippen molar-refractivity contribution in [1.29, 1.82) is 0 Å². The summed E-state index contributed by atoms with van der Waals surface area (Å²) in [5.41, 5.74) is 7.67. The SMILES string of the molecule is Cc1c(-c2ncnc3[nH]c(-c4ccc(C(=O)N5CCN(C)CC5)cc4)cc23)cccc1-n1ncc2cc(C3CC3)ccc2c1=O. The number of rotatable bonds is 5. The molecule has 4 heterocycles. The Labute approximate surface area is 260 Å². The highest BCUT2D eigenvalue weighted by Gasteiger charge is 2.24. The van der Waals surface area contributed by atoms with E-state index in [1.807, 2.05) is 66.4 Å². The monoisotopic (exact) mass is 595 g/mol. The number of carbonyl (C=O) groups is 1. The molecule has 2 aliphatic rings. The third-order valence-corrected chi connectivity index (χ3v) is 9.31. The second kappa shape index (κ2) is 10.8. The van der Waals surface area contributed by atoms with Crippen LogP contribution in [0.4, 0.5) is 0 Å². The summed E-state index contributed by atoms with van der Waals surface area (Å²) in [6.07, 6.45) is 5.77. The summed E-state index contributed by atoms with van der Waals surface area (Å²) in [7, 11) is 2.08. The zero-order chi connectivity index (χ0) is 30.7. The van der Waals surface area contributed by atoms with Gasteiger partial charge in [-0.3, -0.25) is 9.59 Å². The minimum Gasteiger partial charge on any atom is -0.339 e. The molecule has 0 unspecified atom stereocenters. The molecule has 1 aliphatic carbocycles. The lowest BCUT2D eigenvalue weighted by atomic mass is 10.0. The summed E-state index contributed by atoms with van der Waals surface area (Å²) in [5, 5.41) is 7.00. The Bertz CT molecular complexity index is 2150. The van der Waals surface area contributed by atoms with Crippen molar-refractivity contribution in [2.24, 2.45) is 0 Å². The number of aromatic nitrogens is 5. The number of hydrogen-bond donors (Lipinski definition) is 1. The average molecular weight is 596 g/mol. The number of H-pyrrole nitrogens is 1. The molecule has 1 amide bonds. The number of hydrogen-bond acceptors (Lipinski definition) is 6. The second-order valence-corrected chi connectivity index (χ2v) is 12.3. The molecule has 224 valence electrons. The maximum Gasteiger partial charge on any atom is 0.279 e. The summed E-state index contributed by atoms with van der Waals surface area (Å²) in [5.74, 6) is 0.683. The van der Waals surface area contributed by atoms with Crippen LogP contribution in [-0.2, 0) is 0 Å². The molecule has 0 spiro atoms. The molecule has 0 radical (unpaired) electrons. The van der Waals surface area contributed by atoms with Crippen molar-refractivity contribution in [3.8, 4) is 28.2 Å². The van der Waals surface area contributed by atoms with Crippen molar-refractivity contribution in [1.82, 2.24) is 34.5 Å². The minimum atomic E-state index is -0.138. The lowest BCUT2D eigenvalue weighted by molar-refractivity contribution is 0.0664. The van der Waals surface area contributed by atoms with Crippen LogP contribution in [0.1, 0.15) is 40.2 Å². The second-order valence-electron chi connectivity index (χ2n) is 12.3. The van der Waals surface area contributed by atoms with Crippen LogP contribution in [0, 0.1) is 6.92 Å². The molecule has 1 saturated heterocycles. The molecule has 1 N–H and O–H groups in total. The Hall–Kier alpha value is -5.15. The number of fused-ring (bicyclic) bond motifs is 2. The first kappa shape index (κ1) is 27.4. The van der Waals surface area contributed by atoms with E-state index in [0.29, 0.717) is 28.2 Å². The molecule has 9 nitrogen and oxygen atoms in total. The van der Waals surface area contributed by atoms with Gasteiger partial charge in [0.05, 0.1) is 23.0 Å². The van der Waals surface area contributed by atoms with E-state index in [1.165, 1.54) is 23.1 Å². The van der Waals surface area contributed by atoms with Gasteiger partial charge >= 0.3 is 0 Å². The zero-order valence-electron chi connectivity index (χ0n) is 25.3. The Morgan fingerprint density at radius 2 is 1.71 bits per heavy atom. The van der Waals surface area contributed by atoms with Gasteiger partial charge < -0.3 is 14.8 Å². The van der Waals surface area contributed by atoms with Crippen molar-refractivity contribution < 1.29 is 4.79 Å². The highest BCUT2D eigenvalue weighted by molar-refractivity contribution is 5.97. The maximum absolute atomic E-state index is 13.6. The zero-order valence-corrected chi connectivity index (χ0v) is 25.3. The third kappa shape index (κ3) is 4.89. The number of likely N-dealkylation sites (N-methyl/N-ethyl adjacent to an activating group) is 1. The van der Waals surface area contributed by atoms with E-state index < -0.39 is 0 Å². The summed E-state index contributed by atoms with van der Waals surface area (Å²) < 4.78 is 1.49. The molecule has 3 aromatic heterocycles. The van der Waals surface area contributed by atoms with Crippen LogP contribution < -0.4 is 5.56 Å². The number of nitrogens with one attached hydrogen (secondary N) is 1. The van der Waals surface area contributed by atoms with E-state index in [2.05, 4.69) is 44.1 Å².